The van der Waals surface area contributed by atoms with Crippen molar-refractivity contribution >= 4 is 7.85 Å². The average molecular weight is 138 g/mol. The lowest BCUT2D eigenvalue weighted by Gasteiger charge is -1.88. The van der Waals surface area contributed by atoms with Crippen molar-refractivity contribution < 1.29 is 10.3 Å². The maximum absolute atomic E-state index is 5.34. The number of hydrogen-bond acceptors (Lipinski definition) is 1. The Bertz CT molecular complexity index is 132. The van der Waals surface area contributed by atoms with Gasteiger partial charge in [0, 0.05) is 0 Å². The molecule has 0 unspecified atom stereocenters. The molecule has 3 heteroatoms. The number of hydrogen-bond donors (Lipinski definition) is 1. The third-order valence-corrected chi connectivity index (χ3v) is 1.03. The minimum Gasteiger partial charge on any atom is -0.205 e. The van der Waals surface area contributed by atoms with Gasteiger partial charge in [0.2, 0.25) is 0 Å². The van der Waals surface area contributed by atoms with E-state index in [1.807, 2.05) is 25.3 Å². The van der Waals surface area contributed by atoms with Gasteiger partial charge < -0.3 is 0 Å². The molecule has 0 aliphatic rings. The molecule has 0 saturated heterocycles. The van der Waals surface area contributed by atoms with Gasteiger partial charge in [-0.2, -0.15) is 5.48 Å². The smallest absolute Gasteiger partial charge is 0.125 e. The number of nitrogens with two attached hydrogens (primary N) is 1. The quantitative estimate of drug-likeness (QED) is 0.334. The van der Waals surface area contributed by atoms with Crippen molar-refractivity contribution in [1.29, 1.82) is 0 Å². The molecule has 0 spiro atoms. The molecule has 2 N–H and O–H groups in total. The molecule has 0 heterocycles. The fraction of sp³-hybridized carbons (Fsp3) is 0.429. The standard InChI is InChI=1S/C7H12BNO/c1-7(6-8)4-3-5-9-10-2/h3-5,9H,6H2,1-2H3/p+1/b5-3-,7-4-. The summed E-state index contributed by atoms with van der Waals surface area (Å²) in [5, 5.41) is 0. The molecule has 10 heavy (non-hydrogen) atoms. The van der Waals surface area contributed by atoms with Crippen molar-refractivity contribution in [2.24, 2.45) is 0 Å². The van der Waals surface area contributed by atoms with Crippen LogP contribution in [0.2, 0.25) is 6.32 Å². The van der Waals surface area contributed by atoms with E-state index in [1.165, 1.54) is 0 Å². The fourth-order valence-electron chi connectivity index (χ4n) is 0.412. The van der Waals surface area contributed by atoms with Crippen LogP contribution in [0.1, 0.15) is 6.92 Å². The van der Waals surface area contributed by atoms with Crippen molar-refractivity contribution in [3.8, 4) is 0 Å². The summed E-state index contributed by atoms with van der Waals surface area (Å²) < 4.78 is 0. The Hall–Kier alpha value is -0.535. The molecule has 0 aromatic carbocycles. The zero-order chi connectivity index (χ0) is 7.82. The highest BCUT2D eigenvalue weighted by molar-refractivity contribution is 6.10. The summed E-state index contributed by atoms with van der Waals surface area (Å²) in [5.74, 6) is 0. The van der Waals surface area contributed by atoms with Gasteiger partial charge in [-0.1, -0.05) is 18.0 Å². The molecule has 0 aromatic heterocycles. The monoisotopic (exact) mass is 138 g/mol. The molecule has 0 fully saturated rings. The predicted molar refractivity (Wildman–Crippen MR) is 42.4 cm³/mol. The first-order chi connectivity index (χ1) is 4.81. The van der Waals surface area contributed by atoms with Gasteiger partial charge in [0.05, 0.1) is 15.0 Å². The first-order valence-corrected chi connectivity index (χ1v) is 3.19. The van der Waals surface area contributed by atoms with Crippen molar-refractivity contribution in [2.75, 3.05) is 7.11 Å². The van der Waals surface area contributed by atoms with Crippen molar-refractivity contribution in [1.82, 2.24) is 0 Å². The molecule has 2 radical (unpaired) electrons. The molecular weight excluding hydrogens is 125 g/mol. The normalized spacial score (nSPS) is 12.8. The largest absolute Gasteiger partial charge is 0.205 e. The van der Waals surface area contributed by atoms with E-state index in [0.717, 1.165) is 5.57 Å². The maximum atomic E-state index is 5.34. The van der Waals surface area contributed by atoms with Gasteiger partial charge in [0.1, 0.15) is 6.20 Å². The summed E-state index contributed by atoms with van der Waals surface area (Å²) in [6.45, 7) is 1.98. The number of allylic oxidation sites excluding steroid dienone is 3. The van der Waals surface area contributed by atoms with Crippen LogP contribution < -0.4 is 5.48 Å². The third-order valence-electron chi connectivity index (χ3n) is 1.03. The van der Waals surface area contributed by atoms with Gasteiger partial charge in [0.15, 0.2) is 0 Å². The molecule has 0 amide bonds. The van der Waals surface area contributed by atoms with E-state index in [4.69, 9.17) is 7.85 Å². The minimum atomic E-state index is 0.608. The Morgan fingerprint density at radius 2 is 2.40 bits per heavy atom. The molecule has 0 atom stereocenters. The Balaban J connectivity index is 3.49. The maximum Gasteiger partial charge on any atom is 0.125 e. The van der Waals surface area contributed by atoms with Gasteiger partial charge in [-0.25, -0.2) is 4.84 Å². The van der Waals surface area contributed by atoms with Crippen LogP contribution in [0.3, 0.4) is 0 Å². The molecule has 54 valence electrons. The van der Waals surface area contributed by atoms with E-state index >= 15 is 0 Å². The summed E-state index contributed by atoms with van der Waals surface area (Å²) in [7, 11) is 6.96. The first kappa shape index (κ1) is 9.46. The molecule has 0 aliphatic carbocycles. The molecule has 0 saturated carbocycles. The van der Waals surface area contributed by atoms with Crippen molar-refractivity contribution in [3.63, 3.8) is 0 Å². The van der Waals surface area contributed by atoms with Gasteiger partial charge in [-0.15, -0.1) is 0 Å². The molecular formula is C7H13BNO+. The Kier molecular flexibility index (Phi) is 6.23. The Labute approximate surface area is 63.3 Å². The summed E-state index contributed by atoms with van der Waals surface area (Å²) in [6, 6.07) is 0. The highest BCUT2D eigenvalue weighted by atomic mass is 16.6. The molecule has 2 nitrogen and oxygen atoms in total. The van der Waals surface area contributed by atoms with Gasteiger partial charge in [0.25, 0.3) is 0 Å². The van der Waals surface area contributed by atoms with Crippen molar-refractivity contribution in [3.05, 3.63) is 23.9 Å². The van der Waals surface area contributed by atoms with Crippen LogP contribution in [0.4, 0.5) is 0 Å². The lowest BCUT2D eigenvalue weighted by molar-refractivity contribution is -0.842. The van der Waals surface area contributed by atoms with Crippen LogP contribution in [0.25, 0.3) is 0 Å². The first-order valence-electron chi connectivity index (χ1n) is 3.19. The highest BCUT2D eigenvalue weighted by Crippen LogP contribution is 1.94. The Morgan fingerprint density at radius 1 is 1.70 bits per heavy atom. The fourth-order valence-corrected chi connectivity index (χ4v) is 0.412. The second-order valence-corrected chi connectivity index (χ2v) is 1.97. The van der Waals surface area contributed by atoms with Crippen LogP contribution in [0, 0.1) is 0 Å². The molecule has 0 aliphatic heterocycles. The van der Waals surface area contributed by atoms with E-state index in [9.17, 15) is 0 Å². The highest BCUT2D eigenvalue weighted by Gasteiger charge is 1.78. The summed E-state index contributed by atoms with van der Waals surface area (Å²) in [4.78, 5) is 4.68. The van der Waals surface area contributed by atoms with E-state index < -0.39 is 0 Å². The van der Waals surface area contributed by atoms with Gasteiger partial charge in [-0.05, 0) is 13.0 Å². The van der Waals surface area contributed by atoms with E-state index in [1.54, 1.807) is 12.6 Å². The SMILES string of the molecule is [B]C/C(C)=C\C=C/[NH2+]OC. The van der Waals surface area contributed by atoms with Crippen LogP contribution >= 0.6 is 0 Å². The van der Waals surface area contributed by atoms with E-state index in [2.05, 4.69) is 4.84 Å². The lowest BCUT2D eigenvalue weighted by atomic mass is 9.98. The zero-order valence-electron chi connectivity index (χ0n) is 6.50. The second kappa shape index (κ2) is 6.58. The van der Waals surface area contributed by atoms with Crippen LogP contribution in [-0.2, 0) is 4.84 Å². The summed E-state index contributed by atoms with van der Waals surface area (Å²) in [6.07, 6.45) is 6.28. The summed E-state index contributed by atoms with van der Waals surface area (Å²) in [5.41, 5.74) is 2.76. The molecule has 0 rings (SSSR count). The lowest BCUT2D eigenvalue weighted by Crippen LogP contribution is -2.75. The number of rotatable bonds is 4. The van der Waals surface area contributed by atoms with Crippen molar-refractivity contribution in [2.45, 2.75) is 13.2 Å². The Morgan fingerprint density at radius 3 is 2.90 bits per heavy atom. The average Bonchev–Trinajstić information content (AvgIpc) is 1.98. The van der Waals surface area contributed by atoms with Gasteiger partial charge >= 0.3 is 0 Å². The van der Waals surface area contributed by atoms with E-state index in [0.29, 0.717) is 6.32 Å². The number of quaternary nitrogens is 1. The van der Waals surface area contributed by atoms with Crippen LogP contribution in [0.15, 0.2) is 23.9 Å². The topological polar surface area (TPSA) is 25.8 Å². The second-order valence-electron chi connectivity index (χ2n) is 1.97. The molecule has 0 aromatic rings. The van der Waals surface area contributed by atoms with Gasteiger partial charge in [-0.3, -0.25) is 0 Å². The zero-order valence-corrected chi connectivity index (χ0v) is 6.50. The third kappa shape index (κ3) is 5.60. The van der Waals surface area contributed by atoms with Crippen LogP contribution in [0.5, 0.6) is 0 Å². The number of hydroxylamine groups is 1. The summed E-state index contributed by atoms with van der Waals surface area (Å²) >= 11 is 0. The minimum absolute atomic E-state index is 0.608. The predicted octanol–water partition coefficient (Wildman–Crippen LogP) is 0.158. The van der Waals surface area contributed by atoms with Crippen LogP contribution in [-0.4, -0.2) is 15.0 Å². The molecule has 0 bridgehead atoms. The van der Waals surface area contributed by atoms with E-state index in [-0.39, 0.29) is 0 Å².